The van der Waals surface area contributed by atoms with Gasteiger partial charge in [-0.15, -0.1) is 0 Å². The van der Waals surface area contributed by atoms with E-state index >= 15 is 0 Å². The minimum atomic E-state index is 0.656. The van der Waals surface area contributed by atoms with Crippen LogP contribution in [0.15, 0.2) is 22.8 Å². The van der Waals surface area contributed by atoms with Gasteiger partial charge in [0.05, 0.1) is 0 Å². The fourth-order valence-electron chi connectivity index (χ4n) is 1.96. The highest BCUT2D eigenvalue weighted by molar-refractivity contribution is 9.10. The summed E-state index contributed by atoms with van der Waals surface area (Å²) in [6.45, 7) is 2.39. The average molecular weight is 255 g/mol. The van der Waals surface area contributed by atoms with Crippen molar-refractivity contribution in [2.45, 2.75) is 18.8 Å². The molecular weight excluding hydrogens is 240 g/mol. The highest BCUT2D eigenvalue weighted by atomic mass is 79.9. The molecule has 0 atom stereocenters. The Labute approximate surface area is 93.5 Å². The summed E-state index contributed by atoms with van der Waals surface area (Å²) in [4.78, 5) is 6.90. The van der Waals surface area contributed by atoms with E-state index < -0.39 is 0 Å². The van der Waals surface area contributed by atoms with E-state index in [1.54, 1.807) is 0 Å². The van der Waals surface area contributed by atoms with E-state index in [9.17, 15) is 0 Å². The van der Waals surface area contributed by atoms with Gasteiger partial charge in [-0.1, -0.05) is 6.07 Å². The standard InChI is InChI=1S/C11H15BrN2/c1-14-7-5-9(6-8-14)10-3-2-4-11(12)13-10/h2-4,9H,5-8H2,1H3. The molecule has 1 aromatic heterocycles. The van der Waals surface area contributed by atoms with Crippen molar-refractivity contribution in [3.05, 3.63) is 28.5 Å². The maximum atomic E-state index is 4.52. The quantitative estimate of drug-likeness (QED) is 0.717. The lowest BCUT2D eigenvalue weighted by Gasteiger charge is -2.28. The van der Waals surface area contributed by atoms with E-state index in [-0.39, 0.29) is 0 Å². The minimum absolute atomic E-state index is 0.656. The van der Waals surface area contributed by atoms with Crippen LogP contribution in [-0.4, -0.2) is 30.0 Å². The molecule has 0 radical (unpaired) electrons. The van der Waals surface area contributed by atoms with Gasteiger partial charge in [0.1, 0.15) is 4.60 Å². The number of aromatic nitrogens is 1. The molecule has 2 nitrogen and oxygen atoms in total. The van der Waals surface area contributed by atoms with Crippen LogP contribution in [0.1, 0.15) is 24.5 Å². The maximum absolute atomic E-state index is 4.52. The summed E-state index contributed by atoms with van der Waals surface area (Å²) in [6.07, 6.45) is 2.47. The van der Waals surface area contributed by atoms with E-state index in [2.05, 4.69) is 45.0 Å². The van der Waals surface area contributed by atoms with Crippen molar-refractivity contribution in [3.63, 3.8) is 0 Å². The largest absolute Gasteiger partial charge is 0.306 e. The van der Waals surface area contributed by atoms with Gasteiger partial charge in [-0.3, -0.25) is 0 Å². The van der Waals surface area contributed by atoms with Crippen LogP contribution in [0.3, 0.4) is 0 Å². The molecule has 0 bridgehead atoms. The fraction of sp³-hybridized carbons (Fsp3) is 0.545. The molecule has 2 heterocycles. The lowest BCUT2D eigenvalue weighted by molar-refractivity contribution is 0.253. The first-order chi connectivity index (χ1) is 6.75. The third-order valence-electron chi connectivity index (χ3n) is 2.87. The molecule has 0 spiro atoms. The first kappa shape index (κ1) is 10.1. The molecule has 2 rings (SSSR count). The van der Waals surface area contributed by atoms with Gasteiger partial charge < -0.3 is 4.90 Å². The molecule has 76 valence electrons. The third kappa shape index (κ3) is 2.34. The molecule has 14 heavy (non-hydrogen) atoms. The van der Waals surface area contributed by atoms with E-state index in [0.717, 1.165) is 4.60 Å². The van der Waals surface area contributed by atoms with Crippen molar-refractivity contribution in [1.29, 1.82) is 0 Å². The molecule has 0 amide bonds. The van der Waals surface area contributed by atoms with Gasteiger partial charge in [-0.25, -0.2) is 4.98 Å². The van der Waals surface area contributed by atoms with Gasteiger partial charge in [0.15, 0.2) is 0 Å². The number of hydrogen-bond donors (Lipinski definition) is 0. The molecular formula is C11H15BrN2. The Morgan fingerprint density at radius 3 is 2.71 bits per heavy atom. The Morgan fingerprint density at radius 2 is 2.07 bits per heavy atom. The van der Waals surface area contributed by atoms with E-state index in [0.29, 0.717) is 5.92 Å². The molecule has 1 aromatic rings. The summed E-state index contributed by atoms with van der Waals surface area (Å²) in [5, 5.41) is 0. The number of rotatable bonds is 1. The second-order valence-electron chi connectivity index (χ2n) is 3.96. The van der Waals surface area contributed by atoms with Crippen LogP contribution in [0, 0.1) is 0 Å². The summed E-state index contributed by atoms with van der Waals surface area (Å²) in [6, 6.07) is 6.20. The SMILES string of the molecule is CN1CCC(c2cccc(Br)n2)CC1. The second-order valence-corrected chi connectivity index (χ2v) is 4.78. The van der Waals surface area contributed by atoms with Gasteiger partial charge in [0.2, 0.25) is 0 Å². The Kier molecular flexibility index (Phi) is 3.19. The van der Waals surface area contributed by atoms with Gasteiger partial charge in [0, 0.05) is 11.6 Å². The predicted octanol–water partition coefficient (Wildman–Crippen LogP) is 2.65. The summed E-state index contributed by atoms with van der Waals surface area (Å²) >= 11 is 3.42. The van der Waals surface area contributed by atoms with Gasteiger partial charge in [-0.2, -0.15) is 0 Å². The molecule has 0 N–H and O–H groups in total. The molecule has 0 unspecified atom stereocenters. The van der Waals surface area contributed by atoms with Gasteiger partial charge >= 0.3 is 0 Å². The number of likely N-dealkylation sites (tertiary alicyclic amines) is 1. The Balaban J connectivity index is 2.08. The molecule has 0 saturated carbocycles. The summed E-state index contributed by atoms with van der Waals surface area (Å²) in [7, 11) is 2.19. The number of hydrogen-bond acceptors (Lipinski definition) is 2. The number of piperidine rings is 1. The van der Waals surface area contributed by atoms with Crippen LogP contribution in [0.4, 0.5) is 0 Å². The second kappa shape index (κ2) is 4.41. The monoisotopic (exact) mass is 254 g/mol. The molecule has 1 fully saturated rings. The number of halogens is 1. The van der Waals surface area contributed by atoms with E-state index in [1.165, 1.54) is 31.6 Å². The van der Waals surface area contributed by atoms with Crippen LogP contribution in [0.25, 0.3) is 0 Å². The first-order valence-corrected chi connectivity index (χ1v) is 5.86. The minimum Gasteiger partial charge on any atom is -0.306 e. The van der Waals surface area contributed by atoms with Crippen LogP contribution in [0.5, 0.6) is 0 Å². The molecule has 0 aliphatic carbocycles. The van der Waals surface area contributed by atoms with E-state index in [4.69, 9.17) is 0 Å². The Hall–Kier alpha value is -0.410. The van der Waals surface area contributed by atoms with Crippen LogP contribution >= 0.6 is 15.9 Å². The van der Waals surface area contributed by atoms with E-state index in [1.807, 2.05) is 6.07 Å². The van der Waals surface area contributed by atoms with Crippen LogP contribution in [-0.2, 0) is 0 Å². The number of pyridine rings is 1. The maximum Gasteiger partial charge on any atom is 0.106 e. The molecule has 3 heteroatoms. The highest BCUT2D eigenvalue weighted by Crippen LogP contribution is 2.26. The Morgan fingerprint density at radius 1 is 1.36 bits per heavy atom. The average Bonchev–Trinajstić information content (AvgIpc) is 2.19. The first-order valence-electron chi connectivity index (χ1n) is 5.07. The zero-order chi connectivity index (χ0) is 9.97. The van der Waals surface area contributed by atoms with Crippen LogP contribution in [0.2, 0.25) is 0 Å². The zero-order valence-electron chi connectivity index (χ0n) is 8.41. The molecule has 1 saturated heterocycles. The highest BCUT2D eigenvalue weighted by Gasteiger charge is 2.19. The smallest absolute Gasteiger partial charge is 0.106 e. The van der Waals surface area contributed by atoms with Crippen molar-refractivity contribution < 1.29 is 0 Å². The number of nitrogens with zero attached hydrogens (tertiary/aromatic N) is 2. The van der Waals surface area contributed by atoms with Gasteiger partial charge in [0.25, 0.3) is 0 Å². The predicted molar refractivity (Wildman–Crippen MR) is 61.4 cm³/mol. The van der Waals surface area contributed by atoms with Crippen LogP contribution < -0.4 is 0 Å². The summed E-state index contributed by atoms with van der Waals surface area (Å²) < 4.78 is 0.953. The molecule has 0 aromatic carbocycles. The summed E-state index contributed by atoms with van der Waals surface area (Å²) in [5.41, 5.74) is 1.24. The van der Waals surface area contributed by atoms with Crippen molar-refractivity contribution in [3.8, 4) is 0 Å². The zero-order valence-corrected chi connectivity index (χ0v) is 10.00. The normalized spacial score (nSPS) is 19.9. The molecule has 1 aliphatic heterocycles. The fourth-order valence-corrected chi connectivity index (χ4v) is 2.31. The van der Waals surface area contributed by atoms with Gasteiger partial charge in [-0.05, 0) is 61.0 Å². The lowest BCUT2D eigenvalue weighted by atomic mass is 9.93. The Bertz CT molecular complexity index is 306. The lowest BCUT2D eigenvalue weighted by Crippen LogP contribution is -2.29. The summed E-state index contributed by atoms with van der Waals surface area (Å²) in [5.74, 6) is 0.656. The van der Waals surface area contributed by atoms with Crippen molar-refractivity contribution in [2.24, 2.45) is 0 Å². The van der Waals surface area contributed by atoms with Crippen molar-refractivity contribution >= 4 is 15.9 Å². The third-order valence-corrected chi connectivity index (χ3v) is 3.32. The van der Waals surface area contributed by atoms with Crippen molar-refractivity contribution in [2.75, 3.05) is 20.1 Å². The molecule has 1 aliphatic rings. The topological polar surface area (TPSA) is 16.1 Å². The van der Waals surface area contributed by atoms with Crippen molar-refractivity contribution in [1.82, 2.24) is 9.88 Å².